The number of hydrogen-bond donors (Lipinski definition) is 0. The zero-order chi connectivity index (χ0) is 18.8. The summed E-state index contributed by atoms with van der Waals surface area (Å²) in [5.41, 5.74) is 0.362. The van der Waals surface area contributed by atoms with Crippen LogP contribution in [0, 0.1) is 18.7 Å². The molecule has 1 aliphatic rings. The summed E-state index contributed by atoms with van der Waals surface area (Å²) in [7, 11) is 0. The van der Waals surface area contributed by atoms with Gasteiger partial charge in [-0.1, -0.05) is 0 Å². The molecule has 6 nitrogen and oxygen atoms in total. The summed E-state index contributed by atoms with van der Waals surface area (Å²) < 4.78 is 17.1. The third-order valence-electron chi connectivity index (χ3n) is 5.46. The van der Waals surface area contributed by atoms with Crippen molar-refractivity contribution in [2.24, 2.45) is 5.92 Å². The first-order chi connectivity index (χ1) is 13.1. The molecule has 1 saturated heterocycles. The first-order valence-electron chi connectivity index (χ1n) is 9.46. The SMILES string of the molecule is Cc1nc2cc(F)ccc2c(=O)n1CC1CCN(CCn2cccn2)CC1. The minimum absolute atomic E-state index is 0.0707. The van der Waals surface area contributed by atoms with Gasteiger partial charge in [0.1, 0.15) is 11.6 Å². The van der Waals surface area contributed by atoms with E-state index in [2.05, 4.69) is 15.0 Å². The van der Waals surface area contributed by atoms with Crippen molar-refractivity contribution in [2.45, 2.75) is 32.9 Å². The smallest absolute Gasteiger partial charge is 0.261 e. The van der Waals surface area contributed by atoms with Crippen molar-refractivity contribution in [3.05, 3.63) is 58.7 Å². The van der Waals surface area contributed by atoms with Crippen LogP contribution in [0.3, 0.4) is 0 Å². The molecule has 0 bridgehead atoms. The van der Waals surface area contributed by atoms with Crippen molar-refractivity contribution in [3.63, 3.8) is 0 Å². The van der Waals surface area contributed by atoms with Gasteiger partial charge >= 0.3 is 0 Å². The Morgan fingerprint density at radius 2 is 2.04 bits per heavy atom. The van der Waals surface area contributed by atoms with Crippen LogP contribution in [0.4, 0.5) is 4.39 Å². The van der Waals surface area contributed by atoms with Gasteiger partial charge in [-0.05, 0) is 57.0 Å². The summed E-state index contributed by atoms with van der Waals surface area (Å²) in [5, 5.41) is 4.73. The molecule has 0 amide bonds. The number of piperidine rings is 1. The summed E-state index contributed by atoms with van der Waals surface area (Å²) >= 11 is 0. The molecule has 2 aromatic heterocycles. The van der Waals surface area contributed by atoms with Crippen molar-refractivity contribution >= 4 is 10.9 Å². The molecular formula is C20H24FN5O. The number of likely N-dealkylation sites (tertiary alicyclic amines) is 1. The lowest BCUT2D eigenvalue weighted by Crippen LogP contribution is -2.38. The van der Waals surface area contributed by atoms with Gasteiger partial charge in [-0.25, -0.2) is 9.37 Å². The number of hydrogen-bond acceptors (Lipinski definition) is 4. The Balaban J connectivity index is 1.40. The van der Waals surface area contributed by atoms with Crippen LogP contribution in [-0.4, -0.2) is 43.9 Å². The maximum absolute atomic E-state index is 13.4. The second kappa shape index (κ2) is 7.60. The highest BCUT2D eigenvalue weighted by molar-refractivity contribution is 5.77. The molecule has 0 spiro atoms. The van der Waals surface area contributed by atoms with Crippen LogP contribution in [-0.2, 0) is 13.1 Å². The summed E-state index contributed by atoms with van der Waals surface area (Å²) in [6, 6.07) is 6.13. The Labute approximate surface area is 157 Å². The van der Waals surface area contributed by atoms with Crippen molar-refractivity contribution in [1.29, 1.82) is 0 Å². The largest absolute Gasteiger partial charge is 0.301 e. The molecule has 4 rings (SSSR count). The molecule has 0 aliphatic carbocycles. The van der Waals surface area contributed by atoms with Crippen molar-refractivity contribution in [3.8, 4) is 0 Å². The Kier molecular flexibility index (Phi) is 5.03. The van der Waals surface area contributed by atoms with Crippen LogP contribution >= 0.6 is 0 Å². The van der Waals surface area contributed by atoms with Crippen molar-refractivity contribution in [1.82, 2.24) is 24.2 Å². The second-order valence-electron chi connectivity index (χ2n) is 7.29. The van der Waals surface area contributed by atoms with Crippen molar-refractivity contribution in [2.75, 3.05) is 19.6 Å². The van der Waals surface area contributed by atoms with Gasteiger partial charge in [0, 0.05) is 31.5 Å². The van der Waals surface area contributed by atoms with Crippen LogP contribution in [0.5, 0.6) is 0 Å². The number of fused-ring (bicyclic) bond motifs is 1. The molecule has 0 N–H and O–H groups in total. The average molecular weight is 369 g/mol. The lowest BCUT2D eigenvalue weighted by atomic mass is 9.96. The first-order valence-corrected chi connectivity index (χ1v) is 9.46. The van der Waals surface area contributed by atoms with Crippen LogP contribution < -0.4 is 5.56 Å². The minimum Gasteiger partial charge on any atom is -0.301 e. The number of aromatic nitrogens is 4. The number of nitrogens with zero attached hydrogens (tertiary/aromatic N) is 5. The van der Waals surface area contributed by atoms with Crippen LogP contribution in [0.25, 0.3) is 10.9 Å². The molecule has 3 heterocycles. The average Bonchev–Trinajstić information content (AvgIpc) is 3.18. The molecule has 0 saturated carbocycles. The fourth-order valence-electron chi connectivity index (χ4n) is 3.85. The van der Waals surface area contributed by atoms with Gasteiger partial charge < -0.3 is 4.90 Å². The molecule has 27 heavy (non-hydrogen) atoms. The second-order valence-corrected chi connectivity index (χ2v) is 7.29. The molecule has 1 aliphatic heterocycles. The van der Waals surface area contributed by atoms with E-state index < -0.39 is 0 Å². The van der Waals surface area contributed by atoms with Crippen LogP contribution in [0.15, 0.2) is 41.5 Å². The van der Waals surface area contributed by atoms with E-state index in [1.54, 1.807) is 10.8 Å². The number of halogens is 1. The Bertz CT molecular complexity index is 974. The van der Waals surface area contributed by atoms with E-state index in [1.165, 1.54) is 18.2 Å². The van der Waals surface area contributed by atoms with E-state index in [0.29, 0.717) is 29.2 Å². The molecule has 3 aromatic rings. The molecule has 7 heteroatoms. The highest BCUT2D eigenvalue weighted by Gasteiger charge is 2.21. The Morgan fingerprint density at radius 1 is 1.22 bits per heavy atom. The predicted octanol–water partition coefficient (Wildman–Crippen LogP) is 2.45. The van der Waals surface area contributed by atoms with E-state index in [1.807, 2.05) is 23.9 Å². The van der Waals surface area contributed by atoms with E-state index in [-0.39, 0.29) is 11.4 Å². The molecule has 0 radical (unpaired) electrons. The van der Waals surface area contributed by atoms with Crippen LogP contribution in [0.1, 0.15) is 18.7 Å². The van der Waals surface area contributed by atoms with Crippen LogP contribution in [0.2, 0.25) is 0 Å². The summed E-state index contributed by atoms with van der Waals surface area (Å²) in [5.74, 6) is 0.746. The fourth-order valence-corrected chi connectivity index (χ4v) is 3.85. The van der Waals surface area contributed by atoms with Gasteiger partial charge in [-0.2, -0.15) is 5.10 Å². The normalized spacial score (nSPS) is 16.2. The molecule has 142 valence electrons. The molecule has 0 unspecified atom stereocenters. The lowest BCUT2D eigenvalue weighted by Gasteiger charge is -2.32. The molecular weight excluding hydrogens is 345 g/mol. The molecule has 1 fully saturated rings. The predicted molar refractivity (Wildman–Crippen MR) is 102 cm³/mol. The minimum atomic E-state index is -0.367. The van der Waals surface area contributed by atoms with Gasteiger partial charge in [0.15, 0.2) is 0 Å². The van der Waals surface area contributed by atoms with Gasteiger partial charge in [-0.3, -0.25) is 14.0 Å². The van der Waals surface area contributed by atoms with E-state index in [4.69, 9.17) is 0 Å². The van der Waals surface area contributed by atoms with Crippen molar-refractivity contribution < 1.29 is 4.39 Å². The van der Waals surface area contributed by atoms with Gasteiger partial charge in [0.05, 0.1) is 17.4 Å². The summed E-state index contributed by atoms with van der Waals surface area (Å²) in [6.07, 6.45) is 5.91. The Hall–Kier alpha value is -2.54. The van der Waals surface area contributed by atoms with Gasteiger partial charge in [-0.15, -0.1) is 0 Å². The highest BCUT2D eigenvalue weighted by Crippen LogP contribution is 2.20. The number of benzene rings is 1. The molecule has 0 atom stereocenters. The van der Waals surface area contributed by atoms with E-state index in [0.717, 1.165) is 39.0 Å². The Morgan fingerprint density at radius 3 is 2.78 bits per heavy atom. The lowest BCUT2D eigenvalue weighted by molar-refractivity contribution is 0.166. The monoisotopic (exact) mass is 369 g/mol. The standard InChI is InChI=1S/C20H24FN5O/c1-15-23-19-13-17(21)3-4-18(19)20(27)26(15)14-16-5-9-24(10-6-16)11-12-25-8-2-7-22-25/h2-4,7-8,13,16H,5-6,9-12,14H2,1H3. The summed E-state index contributed by atoms with van der Waals surface area (Å²) in [6.45, 7) is 6.47. The number of rotatable bonds is 5. The van der Waals surface area contributed by atoms with Gasteiger partial charge in [0.25, 0.3) is 5.56 Å². The quantitative estimate of drug-likeness (QED) is 0.693. The first kappa shape index (κ1) is 17.9. The zero-order valence-corrected chi connectivity index (χ0v) is 15.5. The third kappa shape index (κ3) is 3.93. The molecule has 1 aromatic carbocycles. The maximum Gasteiger partial charge on any atom is 0.261 e. The third-order valence-corrected chi connectivity index (χ3v) is 5.46. The highest BCUT2D eigenvalue weighted by atomic mass is 19.1. The zero-order valence-electron chi connectivity index (χ0n) is 15.5. The van der Waals surface area contributed by atoms with E-state index in [9.17, 15) is 9.18 Å². The summed E-state index contributed by atoms with van der Waals surface area (Å²) in [4.78, 5) is 19.7. The maximum atomic E-state index is 13.4. The van der Waals surface area contributed by atoms with E-state index >= 15 is 0 Å². The fraction of sp³-hybridized carbons (Fsp3) is 0.450. The number of aryl methyl sites for hydroxylation is 1. The van der Waals surface area contributed by atoms with Gasteiger partial charge in [0.2, 0.25) is 0 Å². The topological polar surface area (TPSA) is 56.0 Å².